The molecule has 12 heteroatoms. The van der Waals surface area contributed by atoms with Gasteiger partial charge in [0.25, 0.3) is 5.88 Å². The molecule has 0 aliphatic rings. The number of nitrogens with two attached hydrogens (primary N) is 1. The maximum atomic E-state index is 12.1. The van der Waals surface area contributed by atoms with Crippen molar-refractivity contribution in [1.82, 2.24) is 30.2 Å². The third-order valence-corrected chi connectivity index (χ3v) is 4.44. The van der Waals surface area contributed by atoms with E-state index < -0.39 is 6.03 Å². The molecule has 4 rings (SSSR count). The SMILES string of the molecule is COc1ccccc1Oc1c(N)nc(-c2ncccn2)nc1OCCNC(=O)Nc1ccccn1. The molecule has 0 bridgehead atoms. The van der Waals surface area contributed by atoms with Gasteiger partial charge in [0.1, 0.15) is 12.4 Å². The highest BCUT2D eigenvalue weighted by molar-refractivity contribution is 5.88. The average Bonchev–Trinajstić information content (AvgIpc) is 2.89. The van der Waals surface area contributed by atoms with E-state index in [-0.39, 0.29) is 42.2 Å². The van der Waals surface area contributed by atoms with Crippen LogP contribution in [0.15, 0.2) is 67.1 Å². The summed E-state index contributed by atoms with van der Waals surface area (Å²) in [4.78, 5) is 33.1. The summed E-state index contributed by atoms with van der Waals surface area (Å²) in [5.41, 5.74) is 6.20. The van der Waals surface area contributed by atoms with Gasteiger partial charge in [0.05, 0.1) is 13.7 Å². The van der Waals surface area contributed by atoms with Gasteiger partial charge < -0.3 is 25.3 Å². The Morgan fingerprint density at radius 1 is 0.914 bits per heavy atom. The van der Waals surface area contributed by atoms with Crippen molar-refractivity contribution in [1.29, 1.82) is 0 Å². The summed E-state index contributed by atoms with van der Waals surface area (Å²) in [6.45, 7) is 0.220. The van der Waals surface area contributed by atoms with Crippen LogP contribution in [0.2, 0.25) is 0 Å². The first-order chi connectivity index (χ1) is 17.1. The maximum Gasteiger partial charge on any atom is 0.320 e. The van der Waals surface area contributed by atoms with Gasteiger partial charge in [-0.05, 0) is 30.3 Å². The largest absolute Gasteiger partial charge is 0.493 e. The van der Waals surface area contributed by atoms with Crippen molar-refractivity contribution in [2.45, 2.75) is 0 Å². The Hall–Kier alpha value is -5.00. The van der Waals surface area contributed by atoms with Crippen LogP contribution in [0.4, 0.5) is 16.4 Å². The zero-order valence-electron chi connectivity index (χ0n) is 18.7. The molecule has 0 aliphatic heterocycles. The minimum atomic E-state index is -0.432. The van der Waals surface area contributed by atoms with E-state index in [1.54, 1.807) is 67.1 Å². The number of nitrogen functional groups attached to an aromatic ring is 1. The van der Waals surface area contributed by atoms with Gasteiger partial charge in [-0.15, -0.1) is 0 Å². The Labute approximate surface area is 200 Å². The number of methoxy groups -OCH3 is 1. The Bertz CT molecular complexity index is 1280. The van der Waals surface area contributed by atoms with Crippen molar-refractivity contribution < 1.29 is 19.0 Å². The van der Waals surface area contributed by atoms with E-state index in [0.29, 0.717) is 17.3 Å². The Balaban J connectivity index is 1.51. The van der Waals surface area contributed by atoms with Crippen LogP contribution in [0.25, 0.3) is 11.6 Å². The van der Waals surface area contributed by atoms with Gasteiger partial charge in [-0.1, -0.05) is 18.2 Å². The van der Waals surface area contributed by atoms with Crippen molar-refractivity contribution in [2.24, 2.45) is 0 Å². The quantitative estimate of drug-likeness (QED) is 0.308. The number of para-hydroxylation sites is 2. The van der Waals surface area contributed by atoms with Crippen LogP contribution in [0.3, 0.4) is 0 Å². The van der Waals surface area contributed by atoms with Crippen LogP contribution >= 0.6 is 0 Å². The number of nitrogens with one attached hydrogen (secondary N) is 2. The second-order valence-corrected chi connectivity index (χ2v) is 6.84. The monoisotopic (exact) mass is 474 g/mol. The van der Waals surface area contributed by atoms with Crippen LogP contribution in [0.5, 0.6) is 23.1 Å². The first-order valence-corrected chi connectivity index (χ1v) is 10.5. The molecule has 178 valence electrons. The van der Waals surface area contributed by atoms with Gasteiger partial charge >= 0.3 is 6.03 Å². The second kappa shape index (κ2) is 11.2. The predicted molar refractivity (Wildman–Crippen MR) is 127 cm³/mol. The number of rotatable bonds is 9. The number of hydrogen-bond acceptors (Lipinski definition) is 10. The fourth-order valence-corrected chi connectivity index (χ4v) is 2.88. The van der Waals surface area contributed by atoms with Crippen LogP contribution < -0.4 is 30.6 Å². The highest BCUT2D eigenvalue weighted by Gasteiger charge is 2.20. The first kappa shape index (κ1) is 23.2. The van der Waals surface area contributed by atoms with E-state index in [9.17, 15) is 4.79 Å². The Morgan fingerprint density at radius 3 is 2.40 bits per heavy atom. The minimum Gasteiger partial charge on any atom is -0.493 e. The van der Waals surface area contributed by atoms with Crippen molar-refractivity contribution in [3.8, 4) is 34.8 Å². The molecule has 0 saturated carbocycles. The minimum absolute atomic E-state index is 0.0178. The average molecular weight is 474 g/mol. The van der Waals surface area contributed by atoms with Gasteiger partial charge in [-0.3, -0.25) is 5.32 Å². The number of pyridine rings is 1. The highest BCUT2D eigenvalue weighted by atomic mass is 16.5. The lowest BCUT2D eigenvalue weighted by Crippen LogP contribution is -2.32. The summed E-state index contributed by atoms with van der Waals surface area (Å²) in [6, 6.07) is 13.5. The number of ether oxygens (including phenoxy) is 3. The van der Waals surface area contributed by atoms with Gasteiger partial charge in [-0.2, -0.15) is 4.98 Å². The lowest BCUT2D eigenvalue weighted by Gasteiger charge is -2.15. The molecule has 1 aromatic carbocycles. The summed E-state index contributed by atoms with van der Waals surface area (Å²) >= 11 is 0. The molecule has 0 saturated heterocycles. The zero-order valence-corrected chi connectivity index (χ0v) is 18.7. The highest BCUT2D eigenvalue weighted by Crippen LogP contribution is 2.39. The number of benzene rings is 1. The molecule has 0 atom stereocenters. The van der Waals surface area contributed by atoms with E-state index in [0.717, 1.165) is 0 Å². The topological polar surface area (TPSA) is 159 Å². The van der Waals surface area contributed by atoms with Crippen LogP contribution in [-0.4, -0.2) is 51.2 Å². The summed E-state index contributed by atoms with van der Waals surface area (Å²) in [6.07, 6.45) is 4.70. The number of amides is 2. The first-order valence-electron chi connectivity index (χ1n) is 10.5. The maximum absolute atomic E-state index is 12.1. The number of nitrogens with zero attached hydrogens (tertiary/aromatic N) is 5. The number of urea groups is 1. The third kappa shape index (κ3) is 6.07. The summed E-state index contributed by atoms with van der Waals surface area (Å²) in [5.74, 6) is 1.89. The van der Waals surface area contributed by atoms with E-state index in [1.165, 1.54) is 7.11 Å². The smallest absolute Gasteiger partial charge is 0.320 e. The molecule has 0 fully saturated rings. The van der Waals surface area contributed by atoms with E-state index >= 15 is 0 Å². The number of anilines is 2. The van der Waals surface area contributed by atoms with Gasteiger partial charge in [0.15, 0.2) is 23.1 Å². The number of carbonyl (C=O) groups excluding carboxylic acids is 1. The Kier molecular flexibility index (Phi) is 7.43. The molecular weight excluding hydrogens is 452 g/mol. The second-order valence-electron chi connectivity index (χ2n) is 6.84. The van der Waals surface area contributed by atoms with Crippen molar-refractivity contribution in [2.75, 3.05) is 31.3 Å². The van der Waals surface area contributed by atoms with Gasteiger partial charge in [0, 0.05) is 18.6 Å². The van der Waals surface area contributed by atoms with Gasteiger partial charge in [0.2, 0.25) is 11.6 Å². The molecule has 0 radical (unpaired) electrons. The standard InChI is InChI=1S/C23H22N8O4/c1-33-15-7-2-3-8-16(15)35-18-19(24)30-21(20-26-11-6-12-27-20)31-22(18)34-14-13-28-23(32)29-17-9-4-5-10-25-17/h2-12H,13-14H2,1H3,(H2,24,30,31)(H2,25,28,29,32). The van der Waals surface area contributed by atoms with E-state index in [1.807, 2.05) is 0 Å². The molecular formula is C23H22N8O4. The van der Waals surface area contributed by atoms with Gasteiger partial charge in [-0.25, -0.2) is 24.7 Å². The number of hydrogen-bond donors (Lipinski definition) is 3. The summed E-state index contributed by atoms with van der Waals surface area (Å²) in [7, 11) is 1.52. The lowest BCUT2D eigenvalue weighted by atomic mass is 10.3. The lowest BCUT2D eigenvalue weighted by molar-refractivity contribution is 0.245. The van der Waals surface area contributed by atoms with Crippen LogP contribution in [0.1, 0.15) is 0 Å². The van der Waals surface area contributed by atoms with Crippen molar-refractivity contribution in [3.05, 3.63) is 67.1 Å². The van der Waals surface area contributed by atoms with Crippen molar-refractivity contribution in [3.63, 3.8) is 0 Å². The molecule has 0 aliphatic carbocycles. The molecule has 35 heavy (non-hydrogen) atoms. The van der Waals surface area contributed by atoms with Crippen LogP contribution in [0, 0.1) is 0 Å². The fourth-order valence-electron chi connectivity index (χ4n) is 2.88. The summed E-state index contributed by atoms with van der Waals surface area (Å²) in [5, 5.41) is 5.29. The number of carbonyl (C=O) groups is 1. The van der Waals surface area contributed by atoms with Crippen molar-refractivity contribution >= 4 is 17.7 Å². The molecule has 4 N–H and O–H groups in total. The molecule has 4 aromatic rings. The fraction of sp³-hybridized carbons (Fsp3) is 0.130. The molecule has 0 unspecified atom stereocenters. The molecule has 12 nitrogen and oxygen atoms in total. The predicted octanol–water partition coefficient (Wildman–Crippen LogP) is 2.91. The molecule has 3 aromatic heterocycles. The van der Waals surface area contributed by atoms with Crippen LogP contribution in [-0.2, 0) is 0 Å². The number of aromatic nitrogens is 5. The zero-order chi connectivity index (χ0) is 24.5. The molecule has 2 amide bonds. The Morgan fingerprint density at radius 2 is 1.66 bits per heavy atom. The van der Waals surface area contributed by atoms with E-state index in [2.05, 4.69) is 35.6 Å². The van der Waals surface area contributed by atoms with E-state index in [4.69, 9.17) is 19.9 Å². The molecule has 0 spiro atoms. The molecule has 3 heterocycles. The normalized spacial score (nSPS) is 10.3. The summed E-state index contributed by atoms with van der Waals surface area (Å²) < 4.78 is 17.1. The third-order valence-electron chi connectivity index (χ3n) is 4.44.